The molecule has 1 fully saturated rings. The quantitative estimate of drug-likeness (QED) is 0.693. The van der Waals surface area contributed by atoms with Crippen LogP contribution in [0.4, 0.5) is 5.82 Å². The van der Waals surface area contributed by atoms with E-state index in [2.05, 4.69) is 16.4 Å². The minimum absolute atomic E-state index is 0.0277. The minimum Gasteiger partial charge on any atom is -0.507 e. The summed E-state index contributed by atoms with van der Waals surface area (Å²) in [6.07, 6.45) is 1.95. The van der Waals surface area contributed by atoms with E-state index in [0.29, 0.717) is 22.6 Å². The highest BCUT2D eigenvalue weighted by Crippen LogP contribution is 2.40. The Balaban J connectivity index is 2.04. The van der Waals surface area contributed by atoms with Crippen LogP contribution < -0.4 is 15.8 Å². The van der Waals surface area contributed by atoms with Gasteiger partial charge in [0.15, 0.2) is 5.78 Å². The lowest BCUT2D eigenvalue weighted by Crippen LogP contribution is -2.29. The summed E-state index contributed by atoms with van der Waals surface area (Å²) in [4.78, 5) is 16.7. The van der Waals surface area contributed by atoms with Gasteiger partial charge in [-0.25, -0.2) is 4.98 Å². The number of Topliss-reactive ketones (excluding diaryl/α,β-unsaturated/α-hetero) is 1. The number of aromatic nitrogens is 1. The van der Waals surface area contributed by atoms with E-state index in [1.807, 2.05) is 20.8 Å². The van der Waals surface area contributed by atoms with E-state index in [9.17, 15) is 15.2 Å². The molecule has 0 aliphatic carbocycles. The zero-order chi connectivity index (χ0) is 21.9. The maximum Gasteiger partial charge on any atom is 0.175 e. The normalized spacial score (nSPS) is 16.7. The molecule has 1 saturated heterocycles. The molecule has 0 spiro atoms. The first-order chi connectivity index (χ1) is 14.2. The number of nitrogens with one attached hydrogen (secondary N) is 1. The third-order valence-corrected chi connectivity index (χ3v) is 5.38. The smallest absolute Gasteiger partial charge is 0.175 e. The van der Waals surface area contributed by atoms with Crippen molar-refractivity contribution in [1.82, 2.24) is 10.3 Å². The number of hydrogen-bond donors (Lipinski definition) is 3. The van der Waals surface area contributed by atoms with Crippen LogP contribution in [0.2, 0.25) is 0 Å². The molecule has 1 aliphatic rings. The fourth-order valence-corrected chi connectivity index (χ4v) is 3.53. The highest BCUT2D eigenvalue weighted by atomic mass is 16.5. The van der Waals surface area contributed by atoms with Gasteiger partial charge in [-0.3, -0.25) is 4.79 Å². The number of phenols is 1. The van der Waals surface area contributed by atoms with E-state index in [1.165, 1.54) is 6.07 Å². The van der Waals surface area contributed by atoms with E-state index in [1.54, 1.807) is 18.2 Å². The molecule has 1 aromatic carbocycles. The molecule has 7 heteroatoms. The first-order valence-electron chi connectivity index (χ1n) is 10.1. The molecule has 0 amide bonds. The Morgan fingerprint density at radius 3 is 2.83 bits per heavy atom. The van der Waals surface area contributed by atoms with Gasteiger partial charge < -0.3 is 20.9 Å². The lowest BCUT2D eigenvalue weighted by Gasteiger charge is -2.25. The van der Waals surface area contributed by atoms with Gasteiger partial charge in [-0.15, -0.1) is 0 Å². The van der Waals surface area contributed by atoms with Gasteiger partial charge in [0.2, 0.25) is 0 Å². The van der Waals surface area contributed by atoms with Gasteiger partial charge >= 0.3 is 0 Å². The Morgan fingerprint density at radius 2 is 2.20 bits per heavy atom. The Kier molecular flexibility index (Phi) is 6.28. The summed E-state index contributed by atoms with van der Waals surface area (Å²) in [5, 5.41) is 23.5. The van der Waals surface area contributed by atoms with E-state index < -0.39 is 5.41 Å². The minimum atomic E-state index is -0.532. The third kappa shape index (κ3) is 4.55. The zero-order valence-corrected chi connectivity index (χ0v) is 17.7. The van der Waals surface area contributed by atoms with Crippen LogP contribution in [0, 0.1) is 16.7 Å². The van der Waals surface area contributed by atoms with Gasteiger partial charge in [0, 0.05) is 12.0 Å². The second kappa shape index (κ2) is 8.72. The predicted octanol–water partition coefficient (Wildman–Crippen LogP) is 3.37. The number of carbonyl (C=O) groups excluding carboxylic acids is 1. The van der Waals surface area contributed by atoms with Crippen LogP contribution in [0.1, 0.15) is 50.7 Å². The monoisotopic (exact) mass is 408 g/mol. The van der Waals surface area contributed by atoms with Crippen molar-refractivity contribution in [3.05, 3.63) is 35.4 Å². The van der Waals surface area contributed by atoms with E-state index in [0.717, 1.165) is 31.5 Å². The number of aromatic hydroxyl groups is 1. The number of hydrogen-bond acceptors (Lipinski definition) is 7. The molecule has 1 aromatic heterocycles. The van der Waals surface area contributed by atoms with Gasteiger partial charge in [0.05, 0.1) is 16.8 Å². The Bertz CT molecular complexity index is 983. The van der Waals surface area contributed by atoms with Gasteiger partial charge in [0.25, 0.3) is 0 Å². The predicted molar refractivity (Wildman–Crippen MR) is 115 cm³/mol. The number of anilines is 1. The Morgan fingerprint density at radius 1 is 1.43 bits per heavy atom. The number of nitrogens with zero attached hydrogens (tertiary/aromatic N) is 2. The molecule has 1 aliphatic heterocycles. The number of nitriles is 1. The van der Waals surface area contributed by atoms with Crippen LogP contribution in [0.3, 0.4) is 0 Å². The summed E-state index contributed by atoms with van der Waals surface area (Å²) in [6.45, 7) is 7.07. The molecule has 7 nitrogen and oxygen atoms in total. The number of phenolic OH excluding ortho intramolecular Hbond substituents is 1. The fourth-order valence-electron chi connectivity index (χ4n) is 3.53. The summed E-state index contributed by atoms with van der Waals surface area (Å²) < 4.78 is 5.77. The maximum atomic E-state index is 12.3. The highest BCUT2D eigenvalue weighted by Gasteiger charge is 2.25. The maximum absolute atomic E-state index is 12.3. The molecule has 4 N–H and O–H groups in total. The van der Waals surface area contributed by atoms with Crippen molar-refractivity contribution in [1.29, 1.82) is 5.26 Å². The number of pyridine rings is 1. The van der Waals surface area contributed by atoms with Crippen LogP contribution in [-0.4, -0.2) is 35.6 Å². The molecule has 0 radical (unpaired) electrons. The lowest BCUT2D eigenvalue weighted by atomic mass is 9.88. The second-order valence-corrected chi connectivity index (χ2v) is 8.62. The zero-order valence-electron chi connectivity index (χ0n) is 17.7. The number of nitrogen functional groups attached to an aromatic ring is 1. The van der Waals surface area contributed by atoms with Gasteiger partial charge in [-0.2, -0.15) is 5.26 Å². The summed E-state index contributed by atoms with van der Waals surface area (Å²) >= 11 is 0. The number of benzene rings is 1. The number of nitrogens with two attached hydrogens (primary N) is 1. The van der Waals surface area contributed by atoms with Crippen molar-refractivity contribution in [2.24, 2.45) is 5.41 Å². The average molecular weight is 409 g/mol. The van der Waals surface area contributed by atoms with Crippen molar-refractivity contribution in [3.63, 3.8) is 0 Å². The first kappa shape index (κ1) is 21.6. The molecule has 0 bridgehead atoms. The van der Waals surface area contributed by atoms with Crippen LogP contribution in [0.25, 0.3) is 11.3 Å². The molecular weight excluding hydrogens is 380 g/mol. The molecular formula is C23H28N4O3. The summed E-state index contributed by atoms with van der Waals surface area (Å²) in [5.41, 5.74) is 7.56. The number of piperidine rings is 1. The Hall–Kier alpha value is -3.11. The van der Waals surface area contributed by atoms with Crippen molar-refractivity contribution < 1.29 is 14.6 Å². The number of ketones is 1. The Labute approximate surface area is 176 Å². The highest BCUT2D eigenvalue weighted by molar-refractivity contribution is 5.85. The van der Waals surface area contributed by atoms with Crippen molar-refractivity contribution >= 4 is 11.6 Å². The van der Waals surface area contributed by atoms with Crippen LogP contribution in [0.5, 0.6) is 11.5 Å². The van der Waals surface area contributed by atoms with Crippen molar-refractivity contribution in [3.8, 4) is 28.8 Å². The summed E-state index contributed by atoms with van der Waals surface area (Å²) in [6, 6.07) is 8.84. The summed E-state index contributed by atoms with van der Waals surface area (Å²) in [7, 11) is 0. The van der Waals surface area contributed by atoms with Gasteiger partial charge in [-0.1, -0.05) is 26.8 Å². The SMILES string of the molecule is CC(C)(C)C(=O)COc1cccc(O)c1-c1cc(C2CCCNC2)c(C#N)c(N)n1. The van der Waals surface area contributed by atoms with E-state index in [-0.39, 0.29) is 29.9 Å². The van der Waals surface area contributed by atoms with Crippen LogP contribution in [-0.2, 0) is 4.79 Å². The number of ether oxygens (including phenoxy) is 1. The molecule has 158 valence electrons. The molecule has 0 saturated carbocycles. The fraction of sp³-hybridized carbons (Fsp3) is 0.435. The first-order valence-corrected chi connectivity index (χ1v) is 10.1. The summed E-state index contributed by atoms with van der Waals surface area (Å²) in [5.74, 6) is 0.515. The number of carbonyl (C=O) groups is 1. The van der Waals surface area contributed by atoms with Gasteiger partial charge in [-0.05, 0) is 49.1 Å². The van der Waals surface area contributed by atoms with Crippen LogP contribution in [0.15, 0.2) is 24.3 Å². The third-order valence-electron chi connectivity index (χ3n) is 5.38. The van der Waals surface area contributed by atoms with E-state index in [4.69, 9.17) is 10.5 Å². The standard InChI is InChI=1S/C23H28N4O3/c1-23(2,3)20(29)13-30-19-8-4-7-18(28)21(19)17-10-15(14-6-5-9-26-12-14)16(11-24)22(25)27-17/h4,7-8,10,14,26,28H,5-6,9,12-13H2,1-3H3,(H2,25,27). The van der Waals surface area contributed by atoms with Crippen LogP contribution >= 0.6 is 0 Å². The lowest BCUT2D eigenvalue weighted by molar-refractivity contribution is -0.128. The number of rotatable bonds is 5. The molecule has 2 heterocycles. The average Bonchev–Trinajstić information content (AvgIpc) is 2.71. The van der Waals surface area contributed by atoms with E-state index >= 15 is 0 Å². The van der Waals surface area contributed by atoms with Crippen molar-refractivity contribution in [2.45, 2.75) is 39.5 Å². The topological polar surface area (TPSA) is 121 Å². The molecule has 1 atom stereocenters. The molecule has 30 heavy (non-hydrogen) atoms. The van der Waals surface area contributed by atoms with Crippen molar-refractivity contribution in [2.75, 3.05) is 25.4 Å². The largest absolute Gasteiger partial charge is 0.507 e. The molecule has 2 aromatic rings. The molecule has 3 rings (SSSR count). The second-order valence-electron chi connectivity index (χ2n) is 8.62. The molecule has 1 unspecified atom stereocenters. The van der Waals surface area contributed by atoms with Gasteiger partial charge in [0.1, 0.15) is 30.0 Å².